The molecule has 5 atom stereocenters. The number of amides is 5. The summed E-state index contributed by atoms with van der Waals surface area (Å²) in [5, 5.41) is 20.9. The van der Waals surface area contributed by atoms with Crippen molar-refractivity contribution in [1.82, 2.24) is 26.2 Å². The van der Waals surface area contributed by atoms with Gasteiger partial charge in [0.1, 0.15) is 12.1 Å². The second kappa shape index (κ2) is 14.6. The molecule has 0 unspecified atom stereocenters. The predicted molar refractivity (Wildman–Crippen MR) is 189 cm³/mol. The van der Waals surface area contributed by atoms with Crippen LogP contribution in [0.1, 0.15) is 99.8 Å². The molecular weight excluding hydrogens is 662 g/mol. The minimum absolute atomic E-state index is 0.0377. The Morgan fingerprint density at radius 2 is 1.62 bits per heavy atom. The van der Waals surface area contributed by atoms with Crippen LogP contribution in [0.25, 0.3) is 0 Å². The maximum atomic E-state index is 14.5. The van der Waals surface area contributed by atoms with E-state index in [1.165, 1.54) is 24.8 Å². The smallest absolute Gasteiger partial charge is 0.315 e. The predicted octanol–water partition coefficient (Wildman–Crippen LogP) is 2.23. The molecule has 0 aromatic rings. The molecule has 1 aliphatic heterocycles. The van der Waals surface area contributed by atoms with Gasteiger partial charge in [0.05, 0.1) is 28.7 Å². The zero-order valence-electron chi connectivity index (χ0n) is 30.9. The van der Waals surface area contributed by atoms with E-state index in [1.54, 1.807) is 0 Å². The largest absolute Gasteiger partial charge is 0.395 e. The van der Waals surface area contributed by atoms with E-state index < -0.39 is 79.8 Å². The van der Waals surface area contributed by atoms with Gasteiger partial charge in [0, 0.05) is 13.1 Å². The molecule has 1 heterocycles. The normalized spacial score (nSPS) is 25.4. The Labute approximate surface area is 297 Å². The molecule has 0 radical (unpaired) electrons. The highest BCUT2D eigenvalue weighted by Gasteiger charge is 2.70. The van der Waals surface area contributed by atoms with E-state index >= 15 is 0 Å². The van der Waals surface area contributed by atoms with E-state index in [0.29, 0.717) is 25.8 Å². The van der Waals surface area contributed by atoms with E-state index in [9.17, 15) is 37.5 Å². The lowest BCUT2D eigenvalue weighted by Gasteiger charge is -2.41. The second-order valence-electron chi connectivity index (χ2n) is 17.4. The highest BCUT2D eigenvalue weighted by Crippen LogP contribution is 2.65. The average Bonchev–Trinajstić information content (AvgIpc) is 3.88. The van der Waals surface area contributed by atoms with Crippen molar-refractivity contribution in [2.45, 2.75) is 128 Å². The highest BCUT2D eigenvalue weighted by atomic mass is 32.2. The average molecular weight is 722 g/mol. The van der Waals surface area contributed by atoms with Crippen LogP contribution in [0.2, 0.25) is 0 Å². The van der Waals surface area contributed by atoms with E-state index in [1.807, 2.05) is 34.6 Å². The minimum atomic E-state index is -3.82. The highest BCUT2D eigenvalue weighted by molar-refractivity contribution is 7.92. The quantitative estimate of drug-likeness (QED) is 0.126. The van der Waals surface area contributed by atoms with Gasteiger partial charge >= 0.3 is 6.03 Å². The Hall–Kier alpha value is -3.00. The van der Waals surface area contributed by atoms with Crippen LogP contribution < -0.4 is 21.3 Å². The van der Waals surface area contributed by atoms with Crippen molar-refractivity contribution in [2.24, 2.45) is 28.6 Å². The fourth-order valence-electron chi connectivity index (χ4n) is 7.81. The van der Waals surface area contributed by atoms with Gasteiger partial charge < -0.3 is 31.3 Å². The first-order valence-electron chi connectivity index (χ1n) is 18.1. The molecule has 4 aliphatic rings. The summed E-state index contributed by atoms with van der Waals surface area (Å²) in [6.45, 7) is 15.8. The van der Waals surface area contributed by atoms with Crippen LogP contribution in [0.3, 0.4) is 0 Å². The maximum absolute atomic E-state index is 14.5. The summed E-state index contributed by atoms with van der Waals surface area (Å²) < 4.78 is 25.4. The molecule has 5 amide bonds. The molecule has 5 N–H and O–H groups in total. The zero-order valence-corrected chi connectivity index (χ0v) is 31.7. The summed E-state index contributed by atoms with van der Waals surface area (Å²) in [4.78, 5) is 69.6. The van der Waals surface area contributed by atoms with Crippen molar-refractivity contribution in [3.63, 3.8) is 0 Å². The molecular formula is C36H59N5O8S. The monoisotopic (exact) mass is 721 g/mol. The summed E-state index contributed by atoms with van der Waals surface area (Å²) >= 11 is 0. The third-order valence-electron chi connectivity index (χ3n) is 11.6. The molecule has 0 aromatic carbocycles. The van der Waals surface area contributed by atoms with E-state index in [4.69, 9.17) is 0 Å². The number of carbonyl (C=O) groups is 5. The molecule has 4 fully saturated rings. The second-order valence-corrected chi connectivity index (χ2v) is 20.0. The van der Waals surface area contributed by atoms with Gasteiger partial charge in [0.25, 0.3) is 5.91 Å². The Bertz CT molecular complexity index is 1460. The summed E-state index contributed by atoms with van der Waals surface area (Å²) in [5.41, 5.74) is -2.09. The number of hydrogen-bond acceptors (Lipinski definition) is 8. The first-order valence-corrected chi connectivity index (χ1v) is 19.7. The van der Waals surface area contributed by atoms with Gasteiger partial charge in [-0.1, -0.05) is 72.8 Å². The van der Waals surface area contributed by atoms with Crippen molar-refractivity contribution in [3.8, 4) is 0 Å². The Balaban J connectivity index is 1.55. The van der Waals surface area contributed by atoms with Gasteiger partial charge in [0.15, 0.2) is 9.84 Å². The standard InChI is InChI=1S/C36H59N5O8S/c1-9-17-37-30(45)27(43)24(18-22-13-14-22)38-29(44)26-25-23(35(25,7)8)19-41(26)31(46)28(33(2,3)4)39-32(47)40-36(15-11-10-12-16-36)21-50(48,49)34(5,6)20-42/h9,22-26,28,42H,1,10-21H2,2-8H3,(H,37,45)(H,38,44)(H2,39,40,47)/t23-,24-,25-,26-,28+/m0/s1. The molecule has 3 aliphatic carbocycles. The molecule has 282 valence electrons. The van der Waals surface area contributed by atoms with Gasteiger partial charge in [0.2, 0.25) is 17.6 Å². The number of urea groups is 1. The molecule has 0 spiro atoms. The van der Waals surface area contributed by atoms with Gasteiger partial charge in [-0.15, -0.1) is 6.58 Å². The number of rotatable bonds is 15. The summed E-state index contributed by atoms with van der Waals surface area (Å²) in [6, 6.07) is -3.68. The Morgan fingerprint density at radius 1 is 1.00 bits per heavy atom. The number of likely N-dealkylation sites (tertiary alicyclic amines) is 1. The summed E-state index contributed by atoms with van der Waals surface area (Å²) in [6.07, 6.45) is 6.85. The number of sulfone groups is 1. The van der Waals surface area contributed by atoms with Gasteiger partial charge in [-0.05, 0) is 61.7 Å². The number of Topliss-reactive ketones (excluding diaryl/α,β-unsaturated/α-hetero) is 1. The number of nitrogens with one attached hydrogen (secondary N) is 4. The van der Waals surface area contributed by atoms with Crippen LogP contribution in [0.5, 0.6) is 0 Å². The lowest BCUT2D eigenvalue weighted by atomic mass is 9.83. The van der Waals surface area contributed by atoms with Crippen LogP contribution in [0.4, 0.5) is 4.79 Å². The number of ketones is 1. The number of aliphatic hydroxyl groups excluding tert-OH is 1. The lowest BCUT2D eigenvalue weighted by Crippen LogP contribution is -2.64. The number of aliphatic hydroxyl groups is 1. The summed E-state index contributed by atoms with van der Waals surface area (Å²) in [5.74, 6) is -2.72. The molecule has 50 heavy (non-hydrogen) atoms. The number of hydrogen-bond donors (Lipinski definition) is 5. The first-order chi connectivity index (χ1) is 23.1. The first kappa shape index (κ1) is 39.8. The fraction of sp³-hybridized carbons (Fsp3) is 0.806. The van der Waals surface area contributed by atoms with E-state index in [2.05, 4.69) is 27.8 Å². The SMILES string of the molecule is C=CCNC(=O)C(=O)[C@H](CC1CC1)NC(=O)[C@@H]1[C@@H]2[C@H](CN1C(=O)[C@@H](NC(=O)NC1(CS(=O)(=O)C(C)(C)CO)CCCCC1)C(C)(C)C)C2(C)C. The molecule has 0 aromatic heterocycles. The third-order valence-corrected chi connectivity index (χ3v) is 14.3. The van der Waals surface area contributed by atoms with Gasteiger partial charge in [-0.2, -0.15) is 0 Å². The molecule has 3 saturated carbocycles. The van der Waals surface area contributed by atoms with Crippen molar-refractivity contribution >= 4 is 39.4 Å². The Kier molecular flexibility index (Phi) is 11.6. The third kappa shape index (κ3) is 8.54. The van der Waals surface area contributed by atoms with E-state index in [-0.39, 0.29) is 35.5 Å². The summed E-state index contributed by atoms with van der Waals surface area (Å²) in [7, 11) is -3.82. The maximum Gasteiger partial charge on any atom is 0.315 e. The van der Waals surface area contributed by atoms with Gasteiger partial charge in [-0.3, -0.25) is 19.2 Å². The topological polar surface area (TPSA) is 191 Å². The van der Waals surface area contributed by atoms with Crippen LogP contribution in [0.15, 0.2) is 12.7 Å². The van der Waals surface area contributed by atoms with Gasteiger partial charge in [-0.25, -0.2) is 13.2 Å². The van der Waals surface area contributed by atoms with Crippen LogP contribution >= 0.6 is 0 Å². The van der Waals surface area contributed by atoms with Crippen molar-refractivity contribution in [1.29, 1.82) is 0 Å². The van der Waals surface area contributed by atoms with Crippen LogP contribution in [0, 0.1) is 28.6 Å². The van der Waals surface area contributed by atoms with E-state index in [0.717, 1.165) is 32.1 Å². The Morgan fingerprint density at radius 3 is 2.16 bits per heavy atom. The molecule has 1 saturated heterocycles. The zero-order chi connectivity index (χ0) is 37.4. The molecule has 4 rings (SSSR count). The molecule has 14 heteroatoms. The molecule has 13 nitrogen and oxygen atoms in total. The molecule has 0 bridgehead atoms. The van der Waals surface area contributed by atoms with Crippen molar-refractivity contribution < 1.29 is 37.5 Å². The van der Waals surface area contributed by atoms with Crippen LogP contribution in [-0.4, -0.2) is 102 Å². The minimum Gasteiger partial charge on any atom is -0.395 e. The van der Waals surface area contributed by atoms with Crippen molar-refractivity contribution in [3.05, 3.63) is 12.7 Å². The lowest BCUT2D eigenvalue weighted by molar-refractivity contribution is -0.145. The number of fused-ring (bicyclic) bond motifs is 1. The number of nitrogens with zero attached hydrogens (tertiary/aromatic N) is 1. The van der Waals surface area contributed by atoms with Crippen molar-refractivity contribution in [2.75, 3.05) is 25.4 Å². The van der Waals surface area contributed by atoms with Crippen LogP contribution in [-0.2, 0) is 29.0 Å². The number of carbonyl (C=O) groups excluding carboxylic acids is 5. The number of piperidine rings is 1. The fourth-order valence-corrected chi connectivity index (χ4v) is 9.49.